The van der Waals surface area contributed by atoms with E-state index < -0.39 is 10.0 Å². The van der Waals surface area contributed by atoms with Crippen molar-refractivity contribution in [2.24, 2.45) is 0 Å². The lowest BCUT2D eigenvalue weighted by Crippen LogP contribution is -2.61. The number of benzene rings is 8. The van der Waals surface area contributed by atoms with Crippen LogP contribution in [0.4, 0.5) is 34.1 Å². The van der Waals surface area contributed by atoms with Crippen LogP contribution in [-0.2, 0) is 16.2 Å². The maximum atomic E-state index is 2.62. The van der Waals surface area contributed by atoms with Crippen LogP contribution in [0.2, 0.25) is 0 Å². The van der Waals surface area contributed by atoms with Crippen molar-refractivity contribution in [1.29, 1.82) is 0 Å². The molecule has 65 heavy (non-hydrogen) atoms. The highest BCUT2D eigenvalue weighted by atomic mass is 32.3. The van der Waals surface area contributed by atoms with Crippen LogP contribution < -0.4 is 26.2 Å². The Hall–Kier alpha value is -6.23. The summed E-state index contributed by atoms with van der Waals surface area (Å²) in [6.07, 6.45) is 0. The van der Waals surface area contributed by atoms with Crippen LogP contribution >= 0.6 is 10.0 Å². The molecule has 2 aliphatic heterocycles. The van der Waals surface area contributed by atoms with Crippen molar-refractivity contribution in [2.45, 2.75) is 105 Å². The fourth-order valence-corrected chi connectivity index (χ4v) is 14.3. The number of aryl methyl sites for hydroxylation is 1. The Bertz CT molecular complexity index is 2950. The highest BCUT2D eigenvalue weighted by Crippen LogP contribution is 2.74. The Morgan fingerprint density at radius 2 is 0.846 bits per heavy atom. The fourth-order valence-electron chi connectivity index (χ4n) is 10.4. The van der Waals surface area contributed by atoms with Crippen molar-refractivity contribution in [2.75, 3.05) is 9.80 Å². The van der Waals surface area contributed by atoms with Gasteiger partial charge in [-0.05, 0) is 153 Å². The molecule has 2 heterocycles. The van der Waals surface area contributed by atoms with Crippen LogP contribution in [0.15, 0.2) is 208 Å². The Kier molecular flexibility index (Phi) is 10.3. The zero-order valence-electron chi connectivity index (χ0n) is 39.8. The third kappa shape index (κ3) is 7.13. The first kappa shape index (κ1) is 42.7. The summed E-state index contributed by atoms with van der Waals surface area (Å²) in [6, 6.07) is 71.9. The average Bonchev–Trinajstić information content (AvgIpc) is 3.29. The van der Waals surface area contributed by atoms with E-state index in [4.69, 9.17) is 0 Å². The molecule has 324 valence electrons. The molecule has 2 aliphatic rings. The molecule has 0 unspecified atom stereocenters. The van der Waals surface area contributed by atoms with E-state index in [1.54, 1.807) is 0 Å². The van der Waals surface area contributed by atoms with Crippen LogP contribution in [-0.4, -0.2) is 6.71 Å². The maximum absolute atomic E-state index is 2.62. The van der Waals surface area contributed by atoms with E-state index in [9.17, 15) is 0 Å². The van der Waals surface area contributed by atoms with Crippen LogP contribution in [0, 0.1) is 6.92 Å². The van der Waals surface area contributed by atoms with Gasteiger partial charge in [-0.2, -0.15) is 0 Å². The van der Waals surface area contributed by atoms with Crippen LogP contribution in [0.5, 0.6) is 0 Å². The number of rotatable bonds is 6. The van der Waals surface area contributed by atoms with Crippen molar-refractivity contribution in [3.63, 3.8) is 0 Å². The predicted molar refractivity (Wildman–Crippen MR) is 281 cm³/mol. The van der Waals surface area contributed by atoms with Gasteiger partial charge in [-0.3, -0.25) is 0 Å². The Balaban J connectivity index is 1.26. The van der Waals surface area contributed by atoms with Gasteiger partial charge in [0.25, 0.3) is 6.71 Å². The lowest BCUT2D eigenvalue weighted by molar-refractivity contribution is 0.589. The molecule has 0 saturated carbocycles. The molecule has 8 aromatic carbocycles. The lowest BCUT2D eigenvalue weighted by atomic mass is 9.33. The van der Waals surface area contributed by atoms with E-state index in [1.165, 1.54) is 92.3 Å². The molecule has 0 atom stereocenters. The molecule has 8 aromatic rings. The van der Waals surface area contributed by atoms with Crippen molar-refractivity contribution >= 4 is 67.3 Å². The third-order valence-electron chi connectivity index (χ3n) is 13.6. The number of fused-ring (bicyclic) bond motifs is 4. The third-order valence-corrected chi connectivity index (χ3v) is 17.5. The summed E-state index contributed by atoms with van der Waals surface area (Å²) >= 11 is 0. The number of hydrogen-bond donors (Lipinski definition) is 0. The Morgan fingerprint density at radius 3 is 1.38 bits per heavy atom. The maximum Gasteiger partial charge on any atom is 0.252 e. The van der Waals surface area contributed by atoms with Gasteiger partial charge < -0.3 is 9.80 Å². The van der Waals surface area contributed by atoms with Crippen molar-refractivity contribution < 1.29 is 0 Å². The topological polar surface area (TPSA) is 6.48 Å². The summed E-state index contributed by atoms with van der Waals surface area (Å²) in [5, 5.41) is 0. The first-order chi connectivity index (χ1) is 31.1. The van der Waals surface area contributed by atoms with Gasteiger partial charge in [0.15, 0.2) is 0 Å². The summed E-state index contributed by atoms with van der Waals surface area (Å²) in [5.74, 6) is 0. The summed E-state index contributed by atoms with van der Waals surface area (Å²) < 4.78 is 0. The molecule has 0 fully saturated rings. The predicted octanol–water partition coefficient (Wildman–Crippen LogP) is 15.3. The number of anilines is 6. The molecule has 0 N–H and O–H groups in total. The van der Waals surface area contributed by atoms with Crippen molar-refractivity contribution in [3.05, 3.63) is 210 Å². The van der Waals surface area contributed by atoms with Gasteiger partial charge in [-0.1, -0.05) is 159 Å². The van der Waals surface area contributed by atoms with Gasteiger partial charge in [-0.15, -0.1) is 10.0 Å². The monoisotopic (exact) mass is 864 g/mol. The standard InChI is InChI=1S/C61H61BN2S/c1-42-38-56-58-57(39-42)64(53-37-35-49(41-50(53)61(8,9)10)65(46-22-14-11-15-23-46,47-24-16-12-17-25-47)48-26-18-13-19-27-48)54-29-21-20-28-51(54)62(58)52-40-44(60(5,6)7)32-36-55(52)63(56)45-33-30-43(31-34-45)59(2,3)4/h11-41H,1-10H3. The van der Waals surface area contributed by atoms with E-state index in [0.29, 0.717) is 0 Å². The van der Waals surface area contributed by atoms with Crippen molar-refractivity contribution in [3.8, 4) is 0 Å². The fraction of sp³-hybridized carbons (Fsp3) is 0.213. The molecular formula is C61H61BN2S. The Morgan fingerprint density at radius 1 is 0.369 bits per heavy atom. The zero-order valence-corrected chi connectivity index (χ0v) is 40.6. The van der Waals surface area contributed by atoms with Gasteiger partial charge >= 0.3 is 0 Å². The number of para-hydroxylation sites is 1. The normalized spacial score (nSPS) is 13.8. The highest BCUT2D eigenvalue weighted by molar-refractivity contribution is 8.34. The minimum Gasteiger partial charge on any atom is -0.311 e. The second kappa shape index (κ2) is 15.7. The van der Waals surface area contributed by atoms with Gasteiger partial charge in [-0.25, -0.2) is 0 Å². The molecule has 0 aliphatic carbocycles. The summed E-state index contributed by atoms with van der Waals surface area (Å²) in [5.41, 5.74) is 16.5. The van der Waals surface area contributed by atoms with E-state index in [2.05, 4.69) is 267 Å². The SMILES string of the molecule is Cc1cc2c3c(c1)N(c1ccc(S(c4ccccc4)(c4ccccc4)c4ccccc4)cc1C(C)(C)C)c1ccccc1B3c1cc(C(C)(C)C)ccc1N2c1ccc(C(C)(C)C)cc1. The molecule has 0 radical (unpaired) electrons. The zero-order chi connectivity index (χ0) is 45.5. The molecule has 0 spiro atoms. The first-order valence-electron chi connectivity index (χ1n) is 23.3. The highest BCUT2D eigenvalue weighted by Gasteiger charge is 2.45. The van der Waals surface area contributed by atoms with E-state index in [-0.39, 0.29) is 23.0 Å². The second-order valence-corrected chi connectivity index (χ2v) is 24.3. The van der Waals surface area contributed by atoms with Crippen molar-refractivity contribution in [1.82, 2.24) is 0 Å². The minimum absolute atomic E-state index is 0.00929. The van der Waals surface area contributed by atoms with Gasteiger partial charge in [0.1, 0.15) is 0 Å². The van der Waals surface area contributed by atoms with Gasteiger partial charge in [0, 0.05) is 53.7 Å². The van der Waals surface area contributed by atoms with Crippen LogP contribution in [0.3, 0.4) is 0 Å². The molecule has 0 saturated heterocycles. The molecule has 0 bridgehead atoms. The minimum atomic E-state index is -1.90. The van der Waals surface area contributed by atoms with Gasteiger partial charge in [0.2, 0.25) is 0 Å². The average molecular weight is 865 g/mol. The molecule has 10 rings (SSSR count). The molecular weight excluding hydrogens is 804 g/mol. The smallest absolute Gasteiger partial charge is 0.252 e. The first-order valence-corrected chi connectivity index (χ1v) is 24.9. The quantitative estimate of drug-likeness (QED) is 0.154. The molecule has 0 aromatic heterocycles. The lowest BCUT2D eigenvalue weighted by Gasteiger charge is -2.46. The second-order valence-electron chi connectivity index (χ2n) is 21.2. The summed E-state index contributed by atoms with van der Waals surface area (Å²) in [4.78, 5) is 10.5. The van der Waals surface area contributed by atoms with Gasteiger partial charge in [0.05, 0.1) is 0 Å². The molecule has 2 nitrogen and oxygen atoms in total. The molecule has 0 amide bonds. The summed E-state index contributed by atoms with van der Waals surface area (Å²) in [7, 11) is -1.90. The van der Waals surface area contributed by atoms with Crippen LogP contribution in [0.1, 0.15) is 84.6 Å². The van der Waals surface area contributed by atoms with Crippen LogP contribution in [0.25, 0.3) is 0 Å². The van der Waals surface area contributed by atoms with E-state index >= 15 is 0 Å². The molecule has 4 heteroatoms. The summed E-state index contributed by atoms with van der Waals surface area (Å²) in [6.45, 7) is 23.4. The van der Waals surface area contributed by atoms with E-state index in [1.807, 2.05) is 0 Å². The van der Waals surface area contributed by atoms with E-state index in [0.717, 1.165) is 0 Å². The largest absolute Gasteiger partial charge is 0.311 e. The number of hydrogen-bond acceptors (Lipinski definition) is 2. The number of nitrogens with zero attached hydrogens (tertiary/aromatic N) is 2. The Labute approximate surface area is 390 Å².